The lowest BCUT2D eigenvalue weighted by atomic mass is 9.49. The number of nitrogens with zero attached hydrogens (tertiary/aromatic N) is 2. The average Bonchev–Trinajstić information content (AvgIpc) is 3.14. The zero-order valence-electron chi connectivity index (χ0n) is 15.5. The molecular formula is C20H31ClN4O. The van der Waals surface area contributed by atoms with Gasteiger partial charge in [0.15, 0.2) is 0 Å². The maximum Gasteiger partial charge on any atom is 0.248 e. The summed E-state index contributed by atoms with van der Waals surface area (Å²) in [5.74, 6) is 2.99. The van der Waals surface area contributed by atoms with E-state index in [4.69, 9.17) is 0 Å². The zero-order chi connectivity index (χ0) is 16.9. The molecule has 4 aliphatic carbocycles. The van der Waals surface area contributed by atoms with Gasteiger partial charge in [-0.1, -0.05) is 0 Å². The van der Waals surface area contributed by atoms with E-state index in [9.17, 15) is 4.79 Å². The van der Waals surface area contributed by atoms with E-state index < -0.39 is 5.54 Å². The molecule has 0 spiro atoms. The van der Waals surface area contributed by atoms with Crippen molar-refractivity contribution in [3.8, 4) is 0 Å². The summed E-state index contributed by atoms with van der Waals surface area (Å²) in [6, 6.07) is 1.93. The van der Waals surface area contributed by atoms with E-state index >= 15 is 0 Å². The van der Waals surface area contributed by atoms with Crippen LogP contribution in [0.2, 0.25) is 0 Å². The Hall–Kier alpha value is -1.07. The van der Waals surface area contributed by atoms with Crippen molar-refractivity contribution in [2.24, 2.45) is 23.2 Å². The summed E-state index contributed by atoms with van der Waals surface area (Å²) in [5, 5.41) is 11.2. The monoisotopic (exact) mass is 378 g/mol. The van der Waals surface area contributed by atoms with Gasteiger partial charge in [0.2, 0.25) is 5.91 Å². The van der Waals surface area contributed by atoms with Crippen LogP contribution in [0.5, 0.6) is 0 Å². The first-order valence-corrected chi connectivity index (χ1v) is 10.2. The van der Waals surface area contributed by atoms with E-state index in [0.717, 1.165) is 50.2 Å². The number of carbonyl (C=O) groups excluding carboxylic acids is 1. The van der Waals surface area contributed by atoms with E-state index in [1.165, 1.54) is 38.5 Å². The quantitative estimate of drug-likeness (QED) is 0.846. The van der Waals surface area contributed by atoms with E-state index in [-0.39, 0.29) is 18.3 Å². The number of nitrogens with one attached hydrogen (secondary N) is 2. The first kappa shape index (κ1) is 18.3. The Morgan fingerprint density at radius 3 is 2.27 bits per heavy atom. The Bertz CT molecular complexity index is 603. The molecule has 6 heteroatoms. The molecule has 1 aromatic rings. The molecule has 0 aromatic carbocycles. The molecule has 1 amide bonds. The van der Waals surface area contributed by atoms with E-state index in [1.54, 1.807) is 6.20 Å². The molecule has 144 valence electrons. The number of rotatable bonds is 4. The molecule has 5 nitrogen and oxygen atoms in total. The first-order chi connectivity index (χ1) is 12.2. The Kier molecular flexibility index (Phi) is 4.81. The summed E-state index contributed by atoms with van der Waals surface area (Å²) in [6.07, 6.45) is 13.8. The minimum absolute atomic E-state index is 0. The fourth-order valence-electron chi connectivity index (χ4n) is 6.86. The van der Waals surface area contributed by atoms with Gasteiger partial charge >= 0.3 is 0 Å². The molecule has 0 unspecified atom stereocenters. The molecule has 26 heavy (non-hydrogen) atoms. The first-order valence-electron chi connectivity index (χ1n) is 10.2. The highest BCUT2D eigenvalue weighted by molar-refractivity contribution is 5.85. The second-order valence-corrected chi connectivity index (χ2v) is 9.33. The number of amides is 1. The van der Waals surface area contributed by atoms with Crippen LogP contribution in [-0.4, -0.2) is 35.3 Å². The molecule has 2 N–H and O–H groups in total. The SMILES string of the molecule is Cl.O=C(NCC12CC3CC(CC(C3)C1)C2)C1(n2cccn2)CCNCC1. The van der Waals surface area contributed by atoms with Gasteiger partial charge in [0.25, 0.3) is 0 Å². The third-order valence-electron chi connectivity index (χ3n) is 7.59. The number of piperidine rings is 1. The van der Waals surface area contributed by atoms with E-state index in [2.05, 4.69) is 15.7 Å². The van der Waals surface area contributed by atoms with Gasteiger partial charge in [-0.15, -0.1) is 12.4 Å². The molecule has 0 radical (unpaired) electrons. The number of hydrogen-bond donors (Lipinski definition) is 2. The molecule has 1 saturated heterocycles. The van der Waals surface area contributed by atoms with Crippen LogP contribution in [-0.2, 0) is 10.3 Å². The van der Waals surface area contributed by atoms with Crippen LogP contribution in [0, 0.1) is 23.2 Å². The predicted molar refractivity (Wildman–Crippen MR) is 103 cm³/mol. The zero-order valence-corrected chi connectivity index (χ0v) is 16.3. The smallest absolute Gasteiger partial charge is 0.248 e. The van der Waals surface area contributed by atoms with Crippen LogP contribution in [0.3, 0.4) is 0 Å². The second kappa shape index (κ2) is 6.83. The Morgan fingerprint density at radius 2 is 1.73 bits per heavy atom. The fraction of sp³-hybridized carbons (Fsp3) is 0.800. The third-order valence-corrected chi connectivity index (χ3v) is 7.59. The topological polar surface area (TPSA) is 59.0 Å². The Morgan fingerprint density at radius 1 is 1.12 bits per heavy atom. The highest BCUT2D eigenvalue weighted by Gasteiger charge is 2.51. The van der Waals surface area contributed by atoms with Crippen LogP contribution >= 0.6 is 12.4 Å². The molecule has 1 aliphatic heterocycles. The summed E-state index contributed by atoms with van der Waals surface area (Å²) in [5.41, 5.74) is -0.111. The lowest BCUT2D eigenvalue weighted by molar-refractivity contribution is -0.134. The van der Waals surface area contributed by atoms with Crippen LogP contribution in [0.25, 0.3) is 0 Å². The standard InChI is InChI=1S/C20H30N4O.ClH/c25-18(20(2-5-21-6-3-20)24-7-1-4-23-24)22-14-19-11-15-8-16(12-19)10-17(9-15)13-19;/h1,4,7,15-17,21H,2-3,5-6,8-14H2,(H,22,25);1H. The van der Waals surface area contributed by atoms with Crippen molar-refractivity contribution in [2.45, 2.75) is 56.9 Å². The molecule has 4 saturated carbocycles. The highest BCUT2D eigenvalue weighted by atomic mass is 35.5. The minimum atomic E-state index is -0.503. The van der Waals surface area contributed by atoms with Gasteiger partial charge in [0, 0.05) is 18.9 Å². The summed E-state index contributed by atoms with van der Waals surface area (Å²) < 4.78 is 1.91. The molecule has 5 aliphatic rings. The predicted octanol–water partition coefficient (Wildman–Crippen LogP) is 2.72. The van der Waals surface area contributed by atoms with Gasteiger partial charge in [-0.2, -0.15) is 5.10 Å². The van der Waals surface area contributed by atoms with Gasteiger partial charge in [0.05, 0.1) is 0 Å². The summed E-state index contributed by atoms with van der Waals surface area (Å²) >= 11 is 0. The van der Waals surface area contributed by atoms with Crippen molar-refractivity contribution in [3.63, 3.8) is 0 Å². The summed E-state index contributed by atoms with van der Waals surface area (Å²) in [7, 11) is 0. The molecular weight excluding hydrogens is 348 g/mol. The van der Waals surface area contributed by atoms with Gasteiger partial charge < -0.3 is 10.6 Å². The fourth-order valence-corrected chi connectivity index (χ4v) is 6.86. The average molecular weight is 379 g/mol. The lowest BCUT2D eigenvalue weighted by Gasteiger charge is -2.57. The van der Waals surface area contributed by atoms with Crippen molar-refractivity contribution >= 4 is 18.3 Å². The maximum absolute atomic E-state index is 13.3. The lowest BCUT2D eigenvalue weighted by Crippen LogP contribution is -2.57. The molecule has 5 fully saturated rings. The molecule has 4 bridgehead atoms. The molecule has 6 rings (SSSR count). The number of carbonyl (C=O) groups is 1. The van der Waals surface area contributed by atoms with Crippen LogP contribution in [0.4, 0.5) is 0 Å². The molecule has 2 heterocycles. The van der Waals surface area contributed by atoms with Gasteiger partial charge in [-0.25, -0.2) is 0 Å². The third kappa shape index (κ3) is 2.97. The normalized spacial score (nSPS) is 37.2. The van der Waals surface area contributed by atoms with Crippen LogP contribution in [0.1, 0.15) is 51.4 Å². The van der Waals surface area contributed by atoms with Gasteiger partial charge in [-0.3, -0.25) is 9.48 Å². The van der Waals surface area contributed by atoms with Crippen molar-refractivity contribution in [2.75, 3.05) is 19.6 Å². The Balaban J connectivity index is 0.00000168. The van der Waals surface area contributed by atoms with Gasteiger partial charge in [0.1, 0.15) is 5.54 Å². The number of hydrogen-bond acceptors (Lipinski definition) is 3. The summed E-state index contributed by atoms with van der Waals surface area (Å²) in [4.78, 5) is 13.3. The Labute approximate surface area is 162 Å². The second-order valence-electron chi connectivity index (χ2n) is 9.33. The molecule has 0 atom stereocenters. The van der Waals surface area contributed by atoms with Crippen molar-refractivity contribution < 1.29 is 4.79 Å². The van der Waals surface area contributed by atoms with Crippen molar-refractivity contribution in [3.05, 3.63) is 18.5 Å². The maximum atomic E-state index is 13.3. The van der Waals surface area contributed by atoms with Crippen molar-refractivity contribution in [1.82, 2.24) is 20.4 Å². The van der Waals surface area contributed by atoms with Crippen molar-refractivity contribution in [1.29, 1.82) is 0 Å². The van der Waals surface area contributed by atoms with Crippen LogP contribution < -0.4 is 10.6 Å². The van der Waals surface area contributed by atoms with Crippen LogP contribution in [0.15, 0.2) is 18.5 Å². The number of halogens is 1. The highest BCUT2D eigenvalue weighted by Crippen LogP contribution is 2.59. The number of aromatic nitrogens is 2. The summed E-state index contributed by atoms with van der Waals surface area (Å²) in [6.45, 7) is 2.64. The van der Waals surface area contributed by atoms with Gasteiger partial charge in [-0.05, 0) is 93.7 Å². The largest absolute Gasteiger partial charge is 0.353 e. The van der Waals surface area contributed by atoms with E-state index in [1.807, 2.05) is 16.9 Å². The minimum Gasteiger partial charge on any atom is -0.353 e. The molecule has 1 aromatic heterocycles. The van der Waals surface area contributed by atoms with E-state index in [0.29, 0.717) is 5.41 Å².